The van der Waals surface area contributed by atoms with Crippen molar-refractivity contribution in [2.45, 2.75) is 37.1 Å². The third kappa shape index (κ3) is 3.42. The fourth-order valence-corrected chi connectivity index (χ4v) is 4.63. The van der Waals surface area contributed by atoms with Crippen LogP contribution >= 0.6 is 11.6 Å². The number of benzene rings is 1. The number of rotatable bonds is 4. The smallest absolute Gasteiger partial charge is 0.324 e. The van der Waals surface area contributed by atoms with Gasteiger partial charge in [0.25, 0.3) is 0 Å². The normalized spacial score (nSPS) is 19.9. The van der Waals surface area contributed by atoms with E-state index in [9.17, 15) is 17.6 Å². The SMILES string of the molecule is CCOC(=O)C1CCCCN1S(=O)(=O)c1ccc(F)cc1Cl. The highest BCUT2D eigenvalue weighted by molar-refractivity contribution is 7.89. The highest BCUT2D eigenvalue weighted by Crippen LogP contribution is 2.30. The van der Waals surface area contributed by atoms with Crippen molar-refractivity contribution in [1.29, 1.82) is 0 Å². The van der Waals surface area contributed by atoms with Crippen molar-refractivity contribution >= 4 is 27.6 Å². The van der Waals surface area contributed by atoms with Crippen LogP contribution in [0.15, 0.2) is 23.1 Å². The predicted molar refractivity (Wildman–Crippen MR) is 79.6 cm³/mol. The van der Waals surface area contributed by atoms with E-state index in [4.69, 9.17) is 16.3 Å². The molecule has 1 fully saturated rings. The maximum atomic E-state index is 13.1. The summed E-state index contributed by atoms with van der Waals surface area (Å²) in [6, 6.07) is 2.23. The molecule has 1 aromatic carbocycles. The quantitative estimate of drug-likeness (QED) is 0.784. The third-order valence-corrected chi connectivity index (χ3v) is 5.88. The average molecular weight is 350 g/mol. The first-order valence-electron chi connectivity index (χ1n) is 7.01. The molecule has 1 aliphatic rings. The van der Waals surface area contributed by atoms with E-state index in [0.29, 0.717) is 12.8 Å². The Morgan fingerprint density at radius 1 is 1.45 bits per heavy atom. The molecule has 0 amide bonds. The summed E-state index contributed by atoms with van der Waals surface area (Å²) in [7, 11) is -3.99. The van der Waals surface area contributed by atoms with Crippen LogP contribution in [0.5, 0.6) is 0 Å². The number of carbonyl (C=O) groups excluding carboxylic acids is 1. The summed E-state index contributed by atoms with van der Waals surface area (Å²) >= 11 is 5.86. The number of hydrogen-bond donors (Lipinski definition) is 0. The molecule has 22 heavy (non-hydrogen) atoms. The molecular formula is C14H17ClFNO4S. The van der Waals surface area contributed by atoms with E-state index >= 15 is 0 Å². The second-order valence-corrected chi connectivity index (χ2v) is 7.22. The number of nitrogens with zero attached hydrogens (tertiary/aromatic N) is 1. The van der Waals surface area contributed by atoms with E-state index in [1.54, 1.807) is 6.92 Å². The Hall–Kier alpha value is -1.18. The van der Waals surface area contributed by atoms with Crippen LogP contribution in [0.1, 0.15) is 26.2 Å². The Morgan fingerprint density at radius 2 is 2.18 bits per heavy atom. The Kier molecular flexibility index (Phi) is 5.41. The van der Waals surface area contributed by atoms with Gasteiger partial charge >= 0.3 is 5.97 Å². The Morgan fingerprint density at radius 3 is 2.82 bits per heavy atom. The van der Waals surface area contributed by atoms with Gasteiger partial charge in [-0.15, -0.1) is 0 Å². The van der Waals surface area contributed by atoms with E-state index in [0.717, 1.165) is 28.9 Å². The molecule has 2 rings (SSSR count). The van der Waals surface area contributed by atoms with Crippen LogP contribution in [0, 0.1) is 5.82 Å². The van der Waals surface area contributed by atoms with Gasteiger partial charge in [0.05, 0.1) is 11.6 Å². The molecule has 1 atom stereocenters. The third-order valence-electron chi connectivity index (χ3n) is 3.49. The zero-order valence-corrected chi connectivity index (χ0v) is 13.7. The second-order valence-electron chi connectivity index (χ2n) is 4.95. The molecule has 0 radical (unpaired) electrons. The zero-order chi connectivity index (χ0) is 16.3. The van der Waals surface area contributed by atoms with Gasteiger partial charge in [-0.1, -0.05) is 11.6 Å². The van der Waals surface area contributed by atoms with Gasteiger partial charge in [-0.05, 0) is 44.4 Å². The molecule has 1 saturated heterocycles. The van der Waals surface area contributed by atoms with E-state index in [1.807, 2.05) is 0 Å². The summed E-state index contributed by atoms with van der Waals surface area (Å²) in [4.78, 5) is 11.8. The Balaban J connectivity index is 2.38. The lowest BCUT2D eigenvalue weighted by molar-refractivity contribution is -0.148. The van der Waals surface area contributed by atoms with Crippen molar-refractivity contribution in [3.63, 3.8) is 0 Å². The largest absolute Gasteiger partial charge is 0.465 e. The van der Waals surface area contributed by atoms with Gasteiger partial charge in [-0.2, -0.15) is 4.31 Å². The van der Waals surface area contributed by atoms with Crippen LogP contribution in [0.2, 0.25) is 5.02 Å². The van der Waals surface area contributed by atoms with Crippen LogP contribution < -0.4 is 0 Å². The molecule has 0 bridgehead atoms. The fourth-order valence-electron chi connectivity index (χ4n) is 2.48. The summed E-state index contributed by atoms with van der Waals surface area (Å²) in [5.74, 6) is -1.19. The molecule has 1 aliphatic heterocycles. The molecule has 1 aromatic rings. The average Bonchev–Trinajstić information content (AvgIpc) is 2.47. The first kappa shape index (κ1) is 17.2. The molecular weight excluding hydrogens is 333 g/mol. The molecule has 8 heteroatoms. The number of ether oxygens (including phenoxy) is 1. The summed E-state index contributed by atoms with van der Waals surface area (Å²) in [5, 5.41) is -0.201. The van der Waals surface area contributed by atoms with E-state index in [2.05, 4.69) is 0 Å². The van der Waals surface area contributed by atoms with Gasteiger partial charge in [0, 0.05) is 6.54 Å². The summed E-state index contributed by atoms with van der Waals surface area (Å²) in [6.45, 7) is 2.05. The number of esters is 1. The molecule has 0 aromatic heterocycles. The zero-order valence-electron chi connectivity index (χ0n) is 12.1. The number of halogens is 2. The second kappa shape index (κ2) is 6.93. The maximum absolute atomic E-state index is 13.1. The maximum Gasteiger partial charge on any atom is 0.324 e. The van der Waals surface area contributed by atoms with Crippen molar-refractivity contribution in [2.24, 2.45) is 0 Å². The van der Waals surface area contributed by atoms with Gasteiger partial charge in [-0.25, -0.2) is 12.8 Å². The van der Waals surface area contributed by atoms with Crippen LogP contribution in [-0.4, -0.2) is 37.9 Å². The highest BCUT2D eigenvalue weighted by atomic mass is 35.5. The fraction of sp³-hybridized carbons (Fsp3) is 0.500. The Bertz CT molecular complexity index is 665. The molecule has 0 saturated carbocycles. The highest BCUT2D eigenvalue weighted by Gasteiger charge is 2.39. The van der Waals surface area contributed by atoms with Crippen molar-refractivity contribution in [2.75, 3.05) is 13.2 Å². The molecule has 1 unspecified atom stereocenters. The first-order chi connectivity index (χ1) is 10.4. The minimum atomic E-state index is -3.99. The van der Waals surface area contributed by atoms with E-state index in [-0.39, 0.29) is 23.1 Å². The molecule has 122 valence electrons. The predicted octanol–water partition coefficient (Wildman–Crippen LogP) is 2.59. The molecule has 0 spiro atoms. The topological polar surface area (TPSA) is 63.7 Å². The van der Waals surface area contributed by atoms with Gasteiger partial charge < -0.3 is 4.74 Å². The van der Waals surface area contributed by atoms with Crippen LogP contribution in [-0.2, 0) is 19.6 Å². The number of hydrogen-bond acceptors (Lipinski definition) is 4. The lowest BCUT2D eigenvalue weighted by Gasteiger charge is -2.33. The van der Waals surface area contributed by atoms with Gasteiger partial charge in [0.2, 0.25) is 10.0 Å². The van der Waals surface area contributed by atoms with Crippen LogP contribution in [0.25, 0.3) is 0 Å². The number of piperidine rings is 1. The van der Waals surface area contributed by atoms with Gasteiger partial charge in [0.15, 0.2) is 0 Å². The van der Waals surface area contributed by atoms with E-state index < -0.39 is 27.9 Å². The van der Waals surface area contributed by atoms with Crippen molar-refractivity contribution in [3.05, 3.63) is 29.0 Å². The monoisotopic (exact) mass is 349 g/mol. The minimum absolute atomic E-state index is 0.181. The summed E-state index contributed by atoms with van der Waals surface area (Å²) < 4.78 is 44.7. The van der Waals surface area contributed by atoms with Crippen molar-refractivity contribution < 1.29 is 22.3 Å². The molecule has 0 aliphatic carbocycles. The van der Waals surface area contributed by atoms with Crippen molar-refractivity contribution in [1.82, 2.24) is 4.31 Å². The van der Waals surface area contributed by atoms with Gasteiger partial charge in [-0.3, -0.25) is 4.79 Å². The van der Waals surface area contributed by atoms with Crippen LogP contribution in [0.4, 0.5) is 4.39 Å². The van der Waals surface area contributed by atoms with Crippen molar-refractivity contribution in [3.8, 4) is 0 Å². The first-order valence-corrected chi connectivity index (χ1v) is 8.83. The minimum Gasteiger partial charge on any atom is -0.465 e. The lowest BCUT2D eigenvalue weighted by atomic mass is 10.1. The molecule has 0 N–H and O–H groups in total. The number of carbonyl (C=O) groups is 1. The standard InChI is InChI=1S/C14H17ClFNO4S/c1-2-21-14(18)12-5-3-4-8-17(12)22(19,20)13-7-6-10(16)9-11(13)15/h6-7,9,12H,2-5,8H2,1H3. The Labute approximate surface area is 134 Å². The molecule has 1 heterocycles. The summed E-state index contributed by atoms with van der Waals surface area (Å²) in [6.07, 6.45) is 1.79. The van der Waals surface area contributed by atoms with Gasteiger partial charge in [0.1, 0.15) is 16.8 Å². The lowest BCUT2D eigenvalue weighted by Crippen LogP contribution is -2.48. The molecule has 5 nitrogen and oxygen atoms in total. The summed E-state index contributed by atoms with van der Waals surface area (Å²) in [5.41, 5.74) is 0. The number of sulfonamides is 1. The van der Waals surface area contributed by atoms with Crippen LogP contribution in [0.3, 0.4) is 0 Å². The van der Waals surface area contributed by atoms with E-state index in [1.165, 1.54) is 0 Å².